The summed E-state index contributed by atoms with van der Waals surface area (Å²) in [5.41, 5.74) is 0.587. The summed E-state index contributed by atoms with van der Waals surface area (Å²) in [7, 11) is 0. The minimum absolute atomic E-state index is 0.300. The van der Waals surface area contributed by atoms with Crippen LogP contribution in [0.3, 0.4) is 0 Å². The highest BCUT2D eigenvalue weighted by atomic mass is 35.5. The molecule has 19 heavy (non-hydrogen) atoms. The molecule has 100 valence electrons. The molecule has 0 saturated carbocycles. The SMILES string of the molecule is O=C(O)Cn1nnnc1SCc1nc(Cl)ccc1Cl. The van der Waals surface area contributed by atoms with Crippen LogP contribution in [0.5, 0.6) is 0 Å². The second kappa shape index (κ2) is 6.18. The van der Waals surface area contributed by atoms with Crippen LogP contribution in [0.25, 0.3) is 0 Å². The summed E-state index contributed by atoms with van der Waals surface area (Å²) in [6.45, 7) is -0.300. The zero-order valence-corrected chi connectivity index (χ0v) is 11.7. The van der Waals surface area contributed by atoms with Crippen molar-refractivity contribution in [1.82, 2.24) is 25.2 Å². The molecule has 0 saturated heterocycles. The lowest BCUT2D eigenvalue weighted by molar-refractivity contribution is -0.138. The van der Waals surface area contributed by atoms with E-state index in [1.165, 1.54) is 16.4 Å². The Hall–Kier alpha value is -1.38. The average Bonchev–Trinajstić information content (AvgIpc) is 2.77. The molecule has 2 aromatic heterocycles. The number of nitrogens with zero attached hydrogens (tertiary/aromatic N) is 5. The van der Waals surface area contributed by atoms with Gasteiger partial charge in [0.05, 0.1) is 10.7 Å². The number of aliphatic carboxylic acids is 1. The molecule has 0 aromatic carbocycles. The number of halogens is 2. The number of tetrazole rings is 1. The maximum absolute atomic E-state index is 10.6. The fourth-order valence-corrected chi connectivity index (χ4v) is 2.47. The first kappa shape index (κ1) is 14.0. The molecule has 2 aromatic rings. The first-order valence-corrected chi connectivity index (χ1v) is 6.72. The van der Waals surface area contributed by atoms with E-state index in [1.807, 2.05) is 0 Å². The number of hydrogen-bond acceptors (Lipinski definition) is 6. The van der Waals surface area contributed by atoms with Gasteiger partial charge >= 0.3 is 5.97 Å². The zero-order valence-electron chi connectivity index (χ0n) is 9.32. The van der Waals surface area contributed by atoms with Crippen molar-refractivity contribution < 1.29 is 9.90 Å². The van der Waals surface area contributed by atoms with Crippen molar-refractivity contribution in [3.63, 3.8) is 0 Å². The van der Waals surface area contributed by atoms with Gasteiger partial charge in [-0.1, -0.05) is 35.0 Å². The molecule has 0 fully saturated rings. The maximum Gasteiger partial charge on any atom is 0.325 e. The van der Waals surface area contributed by atoms with Crippen LogP contribution in [0.15, 0.2) is 17.3 Å². The summed E-state index contributed by atoms with van der Waals surface area (Å²) >= 11 is 13.0. The molecule has 0 radical (unpaired) electrons. The smallest absolute Gasteiger partial charge is 0.325 e. The molecule has 7 nitrogen and oxygen atoms in total. The standard InChI is InChI=1S/C9H7Cl2N5O2S/c10-5-1-2-7(11)12-6(5)4-19-9-13-14-15-16(9)3-8(17)18/h1-2H,3-4H2,(H,17,18). The van der Waals surface area contributed by atoms with Crippen molar-refractivity contribution in [2.45, 2.75) is 17.5 Å². The van der Waals surface area contributed by atoms with Crippen LogP contribution in [0.1, 0.15) is 5.69 Å². The van der Waals surface area contributed by atoms with Gasteiger partial charge in [-0.15, -0.1) is 5.10 Å². The lowest BCUT2D eigenvalue weighted by atomic mass is 10.4. The van der Waals surface area contributed by atoms with Crippen LogP contribution in [-0.2, 0) is 17.1 Å². The Bertz CT molecular complexity index is 606. The van der Waals surface area contributed by atoms with E-state index < -0.39 is 5.97 Å². The van der Waals surface area contributed by atoms with Gasteiger partial charge < -0.3 is 5.11 Å². The van der Waals surface area contributed by atoms with E-state index in [2.05, 4.69) is 20.5 Å². The Kier molecular flexibility index (Phi) is 4.56. The molecule has 0 amide bonds. The van der Waals surface area contributed by atoms with Crippen LogP contribution in [0.2, 0.25) is 10.2 Å². The first-order valence-electron chi connectivity index (χ1n) is 4.98. The summed E-state index contributed by atoms with van der Waals surface area (Å²) < 4.78 is 1.19. The molecular formula is C9H7Cl2N5O2S. The molecule has 0 spiro atoms. The highest BCUT2D eigenvalue weighted by molar-refractivity contribution is 7.98. The van der Waals surface area contributed by atoms with Gasteiger partial charge in [-0.3, -0.25) is 4.79 Å². The summed E-state index contributed by atoms with van der Waals surface area (Å²) in [5, 5.41) is 20.6. The topological polar surface area (TPSA) is 93.8 Å². The second-order valence-corrected chi connectivity index (χ2v) is 5.10. The largest absolute Gasteiger partial charge is 0.480 e. The molecule has 0 aliphatic heterocycles. The van der Waals surface area contributed by atoms with E-state index in [0.29, 0.717) is 26.8 Å². The number of carboxylic acids is 1. The Morgan fingerprint density at radius 3 is 2.95 bits per heavy atom. The summed E-state index contributed by atoms with van der Waals surface area (Å²) in [6, 6.07) is 3.24. The Morgan fingerprint density at radius 2 is 2.21 bits per heavy atom. The van der Waals surface area contributed by atoms with E-state index in [9.17, 15) is 4.79 Å². The molecule has 1 N–H and O–H groups in total. The van der Waals surface area contributed by atoms with Crippen molar-refractivity contribution >= 4 is 40.9 Å². The van der Waals surface area contributed by atoms with Gasteiger partial charge in [0, 0.05) is 5.75 Å². The lowest BCUT2D eigenvalue weighted by Crippen LogP contribution is -2.11. The fourth-order valence-electron chi connectivity index (χ4n) is 1.22. The molecule has 2 heterocycles. The highest BCUT2D eigenvalue weighted by Crippen LogP contribution is 2.24. The quantitative estimate of drug-likeness (QED) is 0.662. The molecule has 10 heteroatoms. The summed E-state index contributed by atoms with van der Waals surface area (Å²) in [5.74, 6) is -0.632. The van der Waals surface area contributed by atoms with Crippen LogP contribution in [0.4, 0.5) is 0 Å². The van der Waals surface area contributed by atoms with Crippen LogP contribution < -0.4 is 0 Å². The normalized spacial score (nSPS) is 10.6. The van der Waals surface area contributed by atoms with Crippen LogP contribution in [0, 0.1) is 0 Å². The van der Waals surface area contributed by atoms with Gasteiger partial charge in [-0.2, -0.15) is 0 Å². The average molecular weight is 320 g/mol. The molecular weight excluding hydrogens is 313 g/mol. The van der Waals surface area contributed by atoms with E-state index in [-0.39, 0.29) is 6.54 Å². The number of thioether (sulfide) groups is 1. The van der Waals surface area contributed by atoms with Crippen molar-refractivity contribution in [1.29, 1.82) is 0 Å². The summed E-state index contributed by atoms with van der Waals surface area (Å²) in [4.78, 5) is 14.7. The van der Waals surface area contributed by atoms with E-state index in [0.717, 1.165) is 0 Å². The third-order valence-corrected chi connectivity index (χ3v) is 3.53. The summed E-state index contributed by atoms with van der Waals surface area (Å²) in [6.07, 6.45) is 0. The minimum Gasteiger partial charge on any atom is -0.480 e. The van der Waals surface area contributed by atoms with E-state index in [1.54, 1.807) is 12.1 Å². The number of rotatable bonds is 5. The molecule has 0 aliphatic carbocycles. The van der Waals surface area contributed by atoms with Gasteiger partial charge in [-0.25, -0.2) is 9.67 Å². The number of pyridine rings is 1. The lowest BCUT2D eigenvalue weighted by Gasteiger charge is -2.03. The molecule has 0 unspecified atom stereocenters. The monoisotopic (exact) mass is 319 g/mol. The molecule has 0 aliphatic rings. The zero-order chi connectivity index (χ0) is 13.8. The number of hydrogen-bond donors (Lipinski definition) is 1. The molecule has 2 rings (SSSR count). The van der Waals surface area contributed by atoms with Gasteiger partial charge in [-0.05, 0) is 22.6 Å². The second-order valence-electron chi connectivity index (χ2n) is 3.36. The van der Waals surface area contributed by atoms with Crippen molar-refractivity contribution in [2.75, 3.05) is 0 Å². The predicted octanol–water partition coefficient (Wildman–Crippen LogP) is 1.75. The first-order chi connectivity index (χ1) is 9.06. The van der Waals surface area contributed by atoms with Crippen molar-refractivity contribution in [3.05, 3.63) is 28.0 Å². The predicted molar refractivity (Wildman–Crippen MR) is 69.3 cm³/mol. The minimum atomic E-state index is -1.02. The number of aromatic nitrogens is 5. The van der Waals surface area contributed by atoms with E-state index >= 15 is 0 Å². The third kappa shape index (κ3) is 3.79. The number of carboxylic acid groups (broad SMARTS) is 1. The fraction of sp³-hybridized carbons (Fsp3) is 0.222. The molecule has 0 bridgehead atoms. The van der Waals surface area contributed by atoms with Crippen LogP contribution >= 0.6 is 35.0 Å². The molecule has 0 atom stereocenters. The van der Waals surface area contributed by atoms with Gasteiger partial charge in [0.25, 0.3) is 0 Å². The highest BCUT2D eigenvalue weighted by Gasteiger charge is 2.12. The Labute approximate surface area is 121 Å². The maximum atomic E-state index is 10.6. The van der Waals surface area contributed by atoms with Crippen molar-refractivity contribution in [3.8, 4) is 0 Å². The van der Waals surface area contributed by atoms with E-state index in [4.69, 9.17) is 28.3 Å². The van der Waals surface area contributed by atoms with Gasteiger partial charge in [0.15, 0.2) is 0 Å². The number of carbonyl (C=O) groups is 1. The third-order valence-electron chi connectivity index (χ3n) is 2.01. The Balaban J connectivity index is 2.08. The van der Waals surface area contributed by atoms with Crippen molar-refractivity contribution in [2.24, 2.45) is 0 Å². The van der Waals surface area contributed by atoms with Gasteiger partial charge in [0.1, 0.15) is 11.7 Å². The van der Waals surface area contributed by atoms with Crippen LogP contribution in [-0.4, -0.2) is 36.3 Å². The van der Waals surface area contributed by atoms with Gasteiger partial charge in [0.2, 0.25) is 5.16 Å². The Morgan fingerprint density at radius 1 is 1.42 bits per heavy atom.